The molecule has 0 spiro atoms. The Balaban J connectivity index is 1.54. The second-order valence-electron chi connectivity index (χ2n) is 10.5. The minimum Gasteiger partial charge on any atom is -0.453 e. The van der Waals surface area contributed by atoms with Crippen molar-refractivity contribution in [1.82, 2.24) is 0 Å². The van der Waals surface area contributed by atoms with E-state index in [1.165, 1.54) is 50.7 Å². The number of unbranched alkanes of at least 4 members (excludes halogenated alkanes) is 4. The second-order valence-corrected chi connectivity index (χ2v) is 10.5. The molecule has 1 fully saturated rings. The van der Waals surface area contributed by atoms with Gasteiger partial charge < -0.3 is 4.74 Å². The summed E-state index contributed by atoms with van der Waals surface area (Å²) in [5.74, 6) is -5.17. The van der Waals surface area contributed by atoms with Crippen LogP contribution < -0.4 is 4.74 Å². The fourth-order valence-corrected chi connectivity index (χ4v) is 5.62. The Morgan fingerprint density at radius 3 is 2.11 bits per heavy atom. The van der Waals surface area contributed by atoms with Crippen LogP contribution >= 0.6 is 0 Å². The molecule has 0 aliphatic heterocycles. The van der Waals surface area contributed by atoms with Crippen LogP contribution in [-0.4, -0.2) is 0 Å². The van der Waals surface area contributed by atoms with Crippen LogP contribution in [0.15, 0.2) is 42.5 Å². The smallest absolute Gasteiger partial charge is 0.194 e. The zero-order valence-electron chi connectivity index (χ0n) is 22.1. The summed E-state index contributed by atoms with van der Waals surface area (Å²) in [5.41, 5.74) is 0.624. The molecule has 1 saturated carbocycles. The van der Waals surface area contributed by atoms with Crippen LogP contribution in [0, 0.1) is 41.9 Å². The van der Waals surface area contributed by atoms with Gasteiger partial charge in [0.2, 0.25) is 0 Å². The molecule has 1 aliphatic rings. The first-order chi connectivity index (χ1) is 18.3. The number of aryl methyl sites for hydroxylation is 1. The van der Waals surface area contributed by atoms with Crippen LogP contribution in [0.2, 0.25) is 0 Å². The highest BCUT2D eigenvalue weighted by molar-refractivity contribution is 5.71. The topological polar surface area (TPSA) is 9.23 Å². The summed E-state index contributed by atoms with van der Waals surface area (Å²) >= 11 is 0. The van der Waals surface area contributed by atoms with Gasteiger partial charge in [0, 0.05) is 11.1 Å². The van der Waals surface area contributed by atoms with Crippen molar-refractivity contribution in [3.63, 3.8) is 0 Å². The second kappa shape index (κ2) is 12.8. The first-order valence-corrected chi connectivity index (χ1v) is 13.7. The quantitative estimate of drug-likeness (QED) is 0.144. The first kappa shape index (κ1) is 28.1. The summed E-state index contributed by atoms with van der Waals surface area (Å²) in [6.07, 6.45) is 10.7. The molecule has 0 unspecified atom stereocenters. The van der Waals surface area contributed by atoms with E-state index >= 15 is 8.78 Å². The van der Waals surface area contributed by atoms with Gasteiger partial charge in [0.25, 0.3) is 0 Å². The highest BCUT2D eigenvalue weighted by Gasteiger charge is 2.29. The molecule has 0 heterocycles. The summed E-state index contributed by atoms with van der Waals surface area (Å²) in [7, 11) is 0. The molecular formula is C32H35F5O. The SMILES string of the molecule is CCCCCCCC1CCC(c2c(F)cc(C)c(Oc3ccccc3-c3cc(F)c(F)c(F)c3)c2F)CC1. The number of hydrogen-bond acceptors (Lipinski definition) is 1. The van der Waals surface area contributed by atoms with E-state index in [9.17, 15) is 13.2 Å². The van der Waals surface area contributed by atoms with Crippen LogP contribution in [0.25, 0.3) is 11.1 Å². The molecule has 204 valence electrons. The van der Waals surface area contributed by atoms with Crippen LogP contribution in [0.5, 0.6) is 11.5 Å². The minimum atomic E-state index is -1.57. The van der Waals surface area contributed by atoms with Gasteiger partial charge in [0.1, 0.15) is 11.6 Å². The van der Waals surface area contributed by atoms with Crippen molar-refractivity contribution in [2.24, 2.45) is 5.92 Å². The standard InChI is InChI=1S/C32H35F5O/c1-3-4-5-6-7-10-21-13-15-22(16-14-21)29-25(33)17-20(2)32(31(29)37)38-28-12-9-8-11-24(28)23-18-26(34)30(36)27(35)19-23/h8-9,11-12,17-19,21-22H,3-7,10,13-16H2,1-2H3. The lowest BCUT2D eigenvalue weighted by Gasteiger charge is -2.30. The van der Waals surface area contributed by atoms with E-state index in [2.05, 4.69) is 6.92 Å². The van der Waals surface area contributed by atoms with Gasteiger partial charge in [-0.15, -0.1) is 0 Å². The third-order valence-corrected chi connectivity index (χ3v) is 7.76. The summed E-state index contributed by atoms with van der Waals surface area (Å²) in [5, 5.41) is 0. The van der Waals surface area contributed by atoms with E-state index in [0.717, 1.165) is 37.8 Å². The van der Waals surface area contributed by atoms with Gasteiger partial charge in [0.15, 0.2) is 29.0 Å². The average molecular weight is 531 g/mol. The molecule has 6 heteroatoms. The number of hydrogen-bond donors (Lipinski definition) is 0. The molecule has 0 bridgehead atoms. The fourth-order valence-electron chi connectivity index (χ4n) is 5.62. The number of ether oxygens (including phenoxy) is 1. The Labute approximate surface area is 222 Å². The van der Waals surface area contributed by atoms with E-state index in [-0.39, 0.29) is 39.7 Å². The van der Waals surface area contributed by atoms with E-state index < -0.39 is 29.1 Å². The number of halogens is 5. The summed E-state index contributed by atoms with van der Waals surface area (Å²) < 4.78 is 78.2. The summed E-state index contributed by atoms with van der Waals surface area (Å²) in [6, 6.07) is 9.35. The highest BCUT2D eigenvalue weighted by Crippen LogP contribution is 2.44. The van der Waals surface area contributed by atoms with Crippen LogP contribution in [0.3, 0.4) is 0 Å². The van der Waals surface area contributed by atoms with Gasteiger partial charge in [0.05, 0.1) is 0 Å². The molecule has 0 aromatic heterocycles. The molecule has 0 atom stereocenters. The van der Waals surface area contributed by atoms with Gasteiger partial charge in [-0.25, -0.2) is 22.0 Å². The van der Waals surface area contributed by atoms with Crippen molar-refractivity contribution in [2.75, 3.05) is 0 Å². The van der Waals surface area contributed by atoms with Gasteiger partial charge in [-0.3, -0.25) is 0 Å². The number of rotatable bonds is 10. The molecule has 0 N–H and O–H groups in total. The van der Waals surface area contributed by atoms with Gasteiger partial charge in [-0.1, -0.05) is 63.6 Å². The van der Waals surface area contributed by atoms with Crippen LogP contribution in [-0.2, 0) is 0 Å². The maximum absolute atomic E-state index is 15.9. The van der Waals surface area contributed by atoms with E-state index in [1.54, 1.807) is 25.1 Å². The normalized spacial score (nSPS) is 17.6. The lowest BCUT2D eigenvalue weighted by molar-refractivity contribution is 0.292. The fraction of sp³-hybridized carbons (Fsp3) is 0.438. The Bertz CT molecular complexity index is 1220. The largest absolute Gasteiger partial charge is 0.453 e. The third-order valence-electron chi connectivity index (χ3n) is 7.76. The Morgan fingerprint density at radius 2 is 1.42 bits per heavy atom. The Kier molecular flexibility index (Phi) is 9.45. The van der Waals surface area contributed by atoms with Gasteiger partial charge >= 0.3 is 0 Å². The van der Waals surface area contributed by atoms with Crippen molar-refractivity contribution in [3.05, 3.63) is 82.7 Å². The Hall–Kier alpha value is -2.89. The molecule has 4 rings (SSSR count). The minimum absolute atomic E-state index is 0.0448. The molecule has 38 heavy (non-hydrogen) atoms. The predicted octanol–water partition coefficient (Wildman–Crippen LogP) is 10.8. The van der Waals surface area contributed by atoms with Crippen molar-refractivity contribution in [1.29, 1.82) is 0 Å². The maximum atomic E-state index is 15.9. The Morgan fingerprint density at radius 1 is 0.763 bits per heavy atom. The molecule has 3 aromatic carbocycles. The van der Waals surface area contributed by atoms with Crippen molar-refractivity contribution >= 4 is 0 Å². The molecule has 1 aliphatic carbocycles. The maximum Gasteiger partial charge on any atom is 0.194 e. The molecule has 0 saturated heterocycles. The molecule has 3 aromatic rings. The first-order valence-electron chi connectivity index (χ1n) is 13.7. The average Bonchev–Trinajstić information content (AvgIpc) is 2.90. The van der Waals surface area contributed by atoms with Crippen LogP contribution in [0.4, 0.5) is 22.0 Å². The third kappa shape index (κ3) is 6.39. The number of para-hydroxylation sites is 1. The van der Waals surface area contributed by atoms with Crippen molar-refractivity contribution in [2.45, 2.75) is 84.0 Å². The monoisotopic (exact) mass is 530 g/mol. The molecule has 1 nitrogen and oxygen atoms in total. The van der Waals surface area contributed by atoms with E-state index in [0.29, 0.717) is 5.92 Å². The van der Waals surface area contributed by atoms with Gasteiger partial charge in [-0.2, -0.15) is 0 Å². The summed E-state index contributed by atoms with van der Waals surface area (Å²) in [4.78, 5) is 0. The molecule has 0 amide bonds. The highest BCUT2D eigenvalue weighted by atomic mass is 19.2. The number of benzene rings is 3. The lowest BCUT2D eigenvalue weighted by Crippen LogP contribution is -2.16. The van der Waals surface area contributed by atoms with Gasteiger partial charge in [-0.05, 0) is 79.8 Å². The lowest BCUT2D eigenvalue weighted by atomic mass is 9.76. The van der Waals surface area contributed by atoms with E-state index in [1.807, 2.05) is 0 Å². The molecular weight excluding hydrogens is 495 g/mol. The van der Waals surface area contributed by atoms with E-state index in [4.69, 9.17) is 4.74 Å². The van der Waals surface area contributed by atoms with Crippen molar-refractivity contribution < 1.29 is 26.7 Å². The zero-order valence-corrected chi connectivity index (χ0v) is 22.1. The zero-order chi connectivity index (χ0) is 27.2. The summed E-state index contributed by atoms with van der Waals surface area (Å²) in [6.45, 7) is 3.76. The van der Waals surface area contributed by atoms with Crippen molar-refractivity contribution in [3.8, 4) is 22.6 Å². The molecule has 0 radical (unpaired) electrons. The predicted molar refractivity (Wildman–Crippen MR) is 141 cm³/mol. The van der Waals surface area contributed by atoms with Crippen LogP contribution in [0.1, 0.15) is 88.2 Å².